The summed E-state index contributed by atoms with van der Waals surface area (Å²) in [5.41, 5.74) is 1.18. The fourth-order valence-corrected chi connectivity index (χ4v) is 2.00. The van der Waals surface area contributed by atoms with Crippen LogP contribution in [0.4, 0.5) is 0 Å². The van der Waals surface area contributed by atoms with Gasteiger partial charge >= 0.3 is 5.97 Å². The highest BCUT2D eigenvalue weighted by molar-refractivity contribution is 5.77. The van der Waals surface area contributed by atoms with Gasteiger partial charge in [0.1, 0.15) is 11.5 Å². The average molecular weight is 268 g/mol. The molecular weight excluding hydrogens is 248 g/mol. The van der Waals surface area contributed by atoms with Gasteiger partial charge in [0.15, 0.2) is 6.10 Å². The normalized spacial score (nSPS) is 12.2. The van der Waals surface area contributed by atoms with E-state index in [2.05, 4.69) is 4.74 Å². The molecule has 1 atom stereocenters. The molecule has 0 saturated heterocycles. The van der Waals surface area contributed by atoms with Gasteiger partial charge in [0.2, 0.25) is 0 Å². The van der Waals surface area contributed by atoms with Gasteiger partial charge in [-0.15, -0.1) is 0 Å². The summed E-state index contributed by atoms with van der Waals surface area (Å²) in [5, 5.41) is 9.98. The molecule has 1 aromatic rings. The number of esters is 1. The number of ether oxygens (including phenoxy) is 3. The van der Waals surface area contributed by atoms with Crippen molar-refractivity contribution in [2.75, 3.05) is 21.3 Å². The van der Waals surface area contributed by atoms with E-state index >= 15 is 0 Å². The molecule has 1 rings (SSSR count). The molecule has 0 fully saturated rings. The van der Waals surface area contributed by atoms with Crippen molar-refractivity contribution in [2.24, 2.45) is 0 Å². The lowest BCUT2D eigenvalue weighted by Crippen LogP contribution is -2.15. The second-order valence-electron chi connectivity index (χ2n) is 4.38. The van der Waals surface area contributed by atoms with Crippen LogP contribution in [-0.2, 0) is 9.53 Å². The highest BCUT2D eigenvalue weighted by atomic mass is 16.5. The maximum Gasteiger partial charge on any atom is 0.339 e. The fraction of sp³-hybridized carbons (Fsp3) is 0.500. The third kappa shape index (κ3) is 2.98. The Hall–Kier alpha value is -1.75. The van der Waals surface area contributed by atoms with Crippen LogP contribution in [0.3, 0.4) is 0 Å². The predicted octanol–water partition coefficient (Wildman–Crippen LogP) is 2.03. The third-order valence-corrected chi connectivity index (χ3v) is 2.91. The molecule has 0 heterocycles. The van der Waals surface area contributed by atoms with Gasteiger partial charge in [-0.1, -0.05) is 13.8 Å². The molecule has 0 aliphatic carbocycles. The number of aliphatic hydroxyl groups is 1. The number of hydrogen-bond donors (Lipinski definition) is 1. The molecule has 0 aromatic heterocycles. The molecule has 0 amide bonds. The van der Waals surface area contributed by atoms with Crippen LogP contribution in [0, 0.1) is 0 Å². The first kappa shape index (κ1) is 15.3. The Morgan fingerprint density at radius 1 is 1.16 bits per heavy atom. The first-order chi connectivity index (χ1) is 8.97. The summed E-state index contributed by atoms with van der Waals surface area (Å²) < 4.78 is 15.2. The molecule has 0 radical (unpaired) electrons. The van der Waals surface area contributed by atoms with E-state index in [0.717, 1.165) is 5.56 Å². The van der Waals surface area contributed by atoms with Gasteiger partial charge in [-0.3, -0.25) is 0 Å². The Bertz CT molecular complexity index is 453. The maximum absolute atomic E-state index is 11.5. The van der Waals surface area contributed by atoms with E-state index in [1.54, 1.807) is 19.2 Å². The number of hydrogen-bond acceptors (Lipinski definition) is 5. The standard InChI is InChI=1S/C14H20O5/c1-8(2)11-10(17-3)7-6-9(13(11)18-4)12(15)14(16)19-5/h6-8,12,15H,1-5H3. The van der Waals surface area contributed by atoms with Crippen molar-refractivity contribution in [3.8, 4) is 11.5 Å². The summed E-state index contributed by atoms with van der Waals surface area (Å²) >= 11 is 0. The van der Waals surface area contributed by atoms with E-state index < -0.39 is 12.1 Å². The summed E-state index contributed by atoms with van der Waals surface area (Å²) in [6.45, 7) is 3.96. The van der Waals surface area contributed by atoms with E-state index in [1.807, 2.05) is 13.8 Å². The first-order valence-electron chi connectivity index (χ1n) is 5.98. The molecule has 106 valence electrons. The minimum atomic E-state index is -1.37. The summed E-state index contributed by atoms with van der Waals surface area (Å²) in [5.74, 6) is 0.507. The van der Waals surface area contributed by atoms with Crippen molar-refractivity contribution in [2.45, 2.75) is 25.9 Å². The minimum absolute atomic E-state index is 0.120. The topological polar surface area (TPSA) is 65.0 Å². The summed E-state index contributed by atoms with van der Waals surface area (Å²) in [4.78, 5) is 11.5. The zero-order valence-electron chi connectivity index (χ0n) is 11.9. The van der Waals surface area contributed by atoms with Crippen LogP contribution >= 0.6 is 0 Å². The van der Waals surface area contributed by atoms with Crippen LogP contribution in [0.15, 0.2) is 12.1 Å². The van der Waals surface area contributed by atoms with Crippen molar-refractivity contribution in [3.63, 3.8) is 0 Å². The molecular formula is C14H20O5. The zero-order chi connectivity index (χ0) is 14.6. The van der Waals surface area contributed by atoms with Gasteiger partial charge in [-0.2, -0.15) is 0 Å². The van der Waals surface area contributed by atoms with Gasteiger partial charge in [0.25, 0.3) is 0 Å². The highest BCUT2D eigenvalue weighted by Gasteiger charge is 2.26. The Morgan fingerprint density at radius 2 is 1.79 bits per heavy atom. The largest absolute Gasteiger partial charge is 0.496 e. The monoisotopic (exact) mass is 268 g/mol. The highest BCUT2D eigenvalue weighted by Crippen LogP contribution is 2.40. The van der Waals surface area contributed by atoms with E-state index in [4.69, 9.17) is 9.47 Å². The van der Waals surface area contributed by atoms with Crippen molar-refractivity contribution < 1.29 is 24.1 Å². The van der Waals surface area contributed by atoms with E-state index in [1.165, 1.54) is 14.2 Å². The van der Waals surface area contributed by atoms with Crippen LogP contribution in [0.2, 0.25) is 0 Å². The fourth-order valence-electron chi connectivity index (χ4n) is 2.00. The molecule has 1 aromatic carbocycles. The van der Waals surface area contributed by atoms with Gasteiger partial charge in [-0.25, -0.2) is 4.79 Å². The van der Waals surface area contributed by atoms with Gasteiger partial charge < -0.3 is 19.3 Å². The SMILES string of the molecule is COC(=O)C(O)c1ccc(OC)c(C(C)C)c1OC. The zero-order valence-corrected chi connectivity index (χ0v) is 11.9. The summed E-state index contributed by atoms with van der Waals surface area (Å²) in [6.07, 6.45) is -1.37. The van der Waals surface area contributed by atoms with Crippen molar-refractivity contribution >= 4 is 5.97 Å². The lowest BCUT2D eigenvalue weighted by Gasteiger charge is -2.20. The van der Waals surface area contributed by atoms with Gasteiger partial charge in [0, 0.05) is 11.1 Å². The van der Waals surface area contributed by atoms with Crippen molar-refractivity contribution in [3.05, 3.63) is 23.3 Å². The minimum Gasteiger partial charge on any atom is -0.496 e. The van der Waals surface area contributed by atoms with Gasteiger partial charge in [-0.05, 0) is 18.1 Å². The first-order valence-corrected chi connectivity index (χ1v) is 5.98. The smallest absolute Gasteiger partial charge is 0.339 e. The van der Waals surface area contributed by atoms with Crippen molar-refractivity contribution in [1.82, 2.24) is 0 Å². The molecule has 0 saturated carbocycles. The quantitative estimate of drug-likeness (QED) is 0.828. The lowest BCUT2D eigenvalue weighted by atomic mass is 9.95. The van der Waals surface area contributed by atoms with Crippen LogP contribution in [0.1, 0.15) is 37.0 Å². The van der Waals surface area contributed by atoms with Crippen LogP contribution in [0.5, 0.6) is 11.5 Å². The number of rotatable bonds is 5. The molecule has 1 N–H and O–H groups in total. The van der Waals surface area contributed by atoms with Gasteiger partial charge in [0.05, 0.1) is 21.3 Å². The second kappa shape index (κ2) is 6.43. The lowest BCUT2D eigenvalue weighted by molar-refractivity contribution is -0.150. The Morgan fingerprint density at radius 3 is 2.21 bits per heavy atom. The number of benzene rings is 1. The number of methoxy groups -OCH3 is 3. The molecule has 19 heavy (non-hydrogen) atoms. The van der Waals surface area contributed by atoms with E-state index in [0.29, 0.717) is 17.1 Å². The van der Waals surface area contributed by atoms with Crippen molar-refractivity contribution in [1.29, 1.82) is 0 Å². The summed E-state index contributed by atoms with van der Waals surface area (Å²) in [7, 11) is 4.29. The molecule has 0 aliphatic rings. The Labute approximate surface area is 113 Å². The molecule has 0 aliphatic heterocycles. The molecule has 5 nitrogen and oxygen atoms in total. The molecule has 5 heteroatoms. The number of carbonyl (C=O) groups excluding carboxylic acids is 1. The third-order valence-electron chi connectivity index (χ3n) is 2.91. The number of carbonyl (C=O) groups is 1. The maximum atomic E-state index is 11.5. The Kier molecular flexibility index (Phi) is 5.18. The number of aliphatic hydroxyl groups excluding tert-OH is 1. The van der Waals surface area contributed by atoms with Crippen LogP contribution < -0.4 is 9.47 Å². The van der Waals surface area contributed by atoms with E-state index in [-0.39, 0.29) is 5.92 Å². The van der Waals surface area contributed by atoms with Crippen LogP contribution in [-0.4, -0.2) is 32.4 Å². The molecule has 0 spiro atoms. The van der Waals surface area contributed by atoms with Crippen LogP contribution in [0.25, 0.3) is 0 Å². The molecule has 0 bridgehead atoms. The molecule has 1 unspecified atom stereocenters. The average Bonchev–Trinajstić information content (AvgIpc) is 2.43. The predicted molar refractivity (Wildman–Crippen MR) is 70.6 cm³/mol. The summed E-state index contributed by atoms with van der Waals surface area (Å²) in [6, 6.07) is 3.31. The Balaban J connectivity index is 3.42. The second-order valence-corrected chi connectivity index (χ2v) is 4.38. The van der Waals surface area contributed by atoms with E-state index in [9.17, 15) is 9.90 Å².